The number of nitrogens with zero attached hydrogens (tertiary/aromatic N) is 1. The molecule has 1 saturated heterocycles. The van der Waals surface area contributed by atoms with Crippen molar-refractivity contribution in [3.63, 3.8) is 0 Å². The Morgan fingerprint density at radius 1 is 1.40 bits per heavy atom. The lowest BCUT2D eigenvalue weighted by molar-refractivity contribution is 0.203. The van der Waals surface area contributed by atoms with Crippen LogP contribution in [-0.4, -0.2) is 44.7 Å². The van der Waals surface area contributed by atoms with E-state index in [1.165, 1.54) is 31.5 Å². The molecule has 0 aliphatic carbocycles. The van der Waals surface area contributed by atoms with E-state index in [1.807, 2.05) is 12.1 Å². The SMILES string of the molecule is COc1ccccc1CC(C)NCC1CCCN(C)C1. The second kappa shape index (κ2) is 7.65. The summed E-state index contributed by atoms with van der Waals surface area (Å²) in [5.41, 5.74) is 1.29. The number of ether oxygens (including phenoxy) is 1. The average Bonchev–Trinajstić information content (AvgIpc) is 2.46. The van der Waals surface area contributed by atoms with Crippen molar-refractivity contribution in [3.05, 3.63) is 29.8 Å². The molecule has 3 nitrogen and oxygen atoms in total. The van der Waals surface area contributed by atoms with Gasteiger partial charge in [0.05, 0.1) is 7.11 Å². The van der Waals surface area contributed by atoms with Gasteiger partial charge in [0, 0.05) is 12.6 Å². The number of hydrogen-bond acceptors (Lipinski definition) is 3. The molecule has 2 unspecified atom stereocenters. The van der Waals surface area contributed by atoms with Gasteiger partial charge in [-0.25, -0.2) is 0 Å². The Morgan fingerprint density at radius 3 is 2.95 bits per heavy atom. The first kappa shape index (κ1) is 15.3. The Labute approximate surface area is 123 Å². The van der Waals surface area contributed by atoms with Crippen LogP contribution >= 0.6 is 0 Å². The minimum absolute atomic E-state index is 0.485. The molecular weight excluding hydrogens is 248 g/mol. The van der Waals surface area contributed by atoms with Crippen molar-refractivity contribution in [3.8, 4) is 5.75 Å². The summed E-state index contributed by atoms with van der Waals surface area (Å²) in [7, 11) is 3.97. The minimum Gasteiger partial charge on any atom is -0.496 e. The number of methoxy groups -OCH3 is 1. The third-order valence-corrected chi connectivity index (χ3v) is 4.20. The van der Waals surface area contributed by atoms with E-state index in [1.54, 1.807) is 7.11 Å². The van der Waals surface area contributed by atoms with E-state index in [0.29, 0.717) is 6.04 Å². The summed E-state index contributed by atoms with van der Waals surface area (Å²) >= 11 is 0. The number of likely N-dealkylation sites (tertiary alicyclic amines) is 1. The third kappa shape index (κ3) is 4.50. The van der Waals surface area contributed by atoms with E-state index in [9.17, 15) is 0 Å². The fourth-order valence-corrected chi connectivity index (χ4v) is 3.08. The number of benzene rings is 1. The van der Waals surface area contributed by atoms with Gasteiger partial charge in [0.15, 0.2) is 0 Å². The van der Waals surface area contributed by atoms with Crippen molar-refractivity contribution in [2.75, 3.05) is 33.8 Å². The summed E-state index contributed by atoms with van der Waals surface area (Å²) in [5, 5.41) is 3.69. The van der Waals surface area contributed by atoms with Gasteiger partial charge in [0.2, 0.25) is 0 Å². The predicted octanol–water partition coefficient (Wildman–Crippen LogP) is 2.56. The van der Waals surface area contributed by atoms with E-state index in [2.05, 4.69) is 36.3 Å². The van der Waals surface area contributed by atoms with Gasteiger partial charge in [-0.1, -0.05) is 18.2 Å². The van der Waals surface area contributed by atoms with Gasteiger partial charge in [-0.15, -0.1) is 0 Å². The van der Waals surface area contributed by atoms with Crippen LogP contribution in [0, 0.1) is 5.92 Å². The lowest BCUT2D eigenvalue weighted by Crippen LogP contribution is -2.40. The summed E-state index contributed by atoms with van der Waals surface area (Å²) in [6.45, 7) is 5.88. The second-order valence-electron chi connectivity index (χ2n) is 6.10. The largest absolute Gasteiger partial charge is 0.496 e. The predicted molar refractivity (Wildman–Crippen MR) is 84.4 cm³/mol. The highest BCUT2D eigenvalue weighted by atomic mass is 16.5. The topological polar surface area (TPSA) is 24.5 Å². The Kier molecular flexibility index (Phi) is 5.86. The Balaban J connectivity index is 1.78. The zero-order valence-electron chi connectivity index (χ0n) is 13.1. The highest BCUT2D eigenvalue weighted by Gasteiger charge is 2.17. The van der Waals surface area contributed by atoms with Gasteiger partial charge in [0.1, 0.15) is 5.75 Å². The van der Waals surface area contributed by atoms with Crippen molar-refractivity contribution < 1.29 is 4.74 Å². The highest BCUT2D eigenvalue weighted by molar-refractivity contribution is 5.33. The number of nitrogens with one attached hydrogen (secondary N) is 1. The molecule has 0 radical (unpaired) electrons. The maximum Gasteiger partial charge on any atom is 0.122 e. The van der Waals surface area contributed by atoms with Crippen LogP contribution < -0.4 is 10.1 Å². The van der Waals surface area contributed by atoms with Crippen LogP contribution in [0.1, 0.15) is 25.3 Å². The first-order chi connectivity index (χ1) is 9.69. The molecule has 1 heterocycles. The van der Waals surface area contributed by atoms with Crippen molar-refractivity contribution in [2.45, 2.75) is 32.2 Å². The van der Waals surface area contributed by atoms with Gasteiger partial charge in [-0.05, 0) is 63.9 Å². The molecule has 0 amide bonds. The summed E-state index contributed by atoms with van der Waals surface area (Å²) in [6, 6.07) is 8.79. The smallest absolute Gasteiger partial charge is 0.122 e. The summed E-state index contributed by atoms with van der Waals surface area (Å²) in [6.07, 6.45) is 3.72. The number of hydrogen-bond donors (Lipinski definition) is 1. The van der Waals surface area contributed by atoms with Crippen LogP contribution in [0.4, 0.5) is 0 Å². The molecular formula is C17H28N2O. The Hall–Kier alpha value is -1.06. The Morgan fingerprint density at radius 2 is 2.20 bits per heavy atom. The first-order valence-electron chi connectivity index (χ1n) is 7.73. The maximum atomic E-state index is 5.42. The molecule has 0 spiro atoms. The van der Waals surface area contributed by atoms with Crippen molar-refractivity contribution in [2.24, 2.45) is 5.92 Å². The van der Waals surface area contributed by atoms with Crippen LogP contribution in [0.15, 0.2) is 24.3 Å². The molecule has 20 heavy (non-hydrogen) atoms. The fraction of sp³-hybridized carbons (Fsp3) is 0.647. The molecule has 0 bridgehead atoms. The molecule has 1 aliphatic rings. The molecule has 0 aromatic heterocycles. The second-order valence-corrected chi connectivity index (χ2v) is 6.10. The fourth-order valence-electron chi connectivity index (χ4n) is 3.08. The van der Waals surface area contributed by atoms with E-state index >= 15 is 0 Å². The van der Waals surface area contributed by atoms with E-state index in [4.69, 9.17) is 4.74 Å². The van der Waals surface area contributed by atoms with E-state index < -0.39 is 0 Å². The van der Waals surface area contributed by atoms with Gasteiger partial charge in [-0.3, -0.25) is 0 Å². The quantitative estimate of drug-likeness (QED) is 0.864. The zero-order valence-corrected chi connectivity index (χ0v) is 13.1. The normalized spacial score (nSPS) is 21.6. The molecule has 1 aliphatic heterocycles. The van der Waals surface area contributed by atoms with Crippen LogP contribution in [0.2, 0.25) is 0 Å². The monoisotopic (exact) mass is 276 g/mol. The number of piperidine rings is 1. The lowest BCUT2D eigenvalue weighted by atomic mass is 9.97. The number of rotatable bonds is 6. The van der Waals surface area contributed by atoms with Gasteiger partial charge in [0.25, 0.3) is 0 Å². The molecule has 0 saturated carbocycles. The third-order valence-electron chi connectivity index (χ3n) is 4.20. The molecule has 2 atom stereocenters. The Bertz CT molecular complexity index is 408. The van der Waals surface area contributed by atoms with Crippen LogP contribution in [0.3, 0.4) is 0 Å². The zero-order chi connectivity index (χ0) is 14.4. The molecule has 1 N–H and O–H groups in total. The van der Waals surface area contributed by atoms with Crippen LogP contribution in [-0.2, 0) is 6.42 Å². The summed E-state index contributed by atoms with van der Waals surface area (Å²) in [4.78, 5) is 2.45. The summed E-state index contributed by atoms with van der Waals surface area (Å²) in [5.74, 6) is 1.80. The molecule has 112 valence electrons. The number of para-hydroxylation sites is 1. The van der Waals surface area contributed by atoms with Gasteiger partial charge in [-0.2, -0.15) is 0 Å². The van der Waals surface area contributed by atoms with Crippen LogP contribution in [0.25, 0.3) is 0 Å². The minimum atomic E-state index is 0.485. The van der Waals surface area contributed by atoms with Crippen molar-refractivity contribution >= 4 is 0 Å². The maximum absolute atomic E-state index is 5.42. The van der Waals surface area contributed by atoms with Gasteiger partial charge < -0.3 is 15.0 Å². The molecule has 1 fully saturated rings. The van der Waals surface area contributed by atoms with Gasteiger partial charge >= 0.3 is 0 Å². The van der Waals surface area contributed by atoms with Crippen molar-refractivity contribution in [1.29, 1.82) is 0 Å². The average molecular weight is 276 g/mol. The highest BCUT2D eigenvalue weighted by Crippen LogP contribution is 2.19. The van der Waals surface area contributed by atoms with Crippen LogP contribution in [0.5, 0.6) is 5.75 Å². The first-order valence-corrected chi connectivity index (χ1v) is 7.73. The standard InChI is InChI=1S/C17H28N2O/c1-14(11-16-8-4-5-9-17(16)20-3)18-12-15-7-6-10-19(2)13-15/h4-5,8-9,14-15,18H,6-7,10-13H2,1-3H3. The molecule has 1 aromatic rings. The molecule has 2 rings (SSSR count). The van der Waals surface area contributed by atoms with Crippen molar-refractivity contribution in [1.82, 2.24) is 10.2 Å². The molecule has 1 aromatic carbocycles. The lowest BCUT2D eigenvalue weighted by Gasteiger charge is -2.30. The molecule has 3 heteroatoms. The van der Waals surface area contributed by atoms with E-state index in [-0.39, 0.29) is 0 Å². The van der Waals surface area contributed by atoms with E-state index in [0.717, 1.165) is 24.6 Å². The summed E-state index contributed by atoms with van der Waals surface area (Å²) < 4.78 is 5.42.